The van der Waals surface area contributed by atoms with Crippen LogP contribution in [0.4, 0.5) is 0 Å². The van der Waals surface area contributed by atoms with Crippen molar-refractivity contribution < 1.29 is 0 Å². The van der Waals surface area contributed by atoms with Crippen molar-refractivity contribution in [3.05, 3.63) is 32.8 Å². The van der Waals surface area contributed by atoms with E-state index in [4.69, 9.17) is 17.3 Å². The van der Waals surface area contributed by atoms with Crippen molar-refractivity contribution in [1.82, 2.24) is 0 Å². The highest BCUT2D eigenvalue weighted by Crippen LogP contribution is 2.24. The molecule has 11 heavy (non-hydrogen) atoms. The van der Waals surface area contributed by atoms with Gasteiger partial charge in [-0.05, 0) is 24.1 Å². The first-order valence-corrected chi connectivity index (χ1v) is 4.47. The molecule has 0 saturated carbocycles. The van der Waals surface area contributed by atoms with E-state index >= 15 is 0 Å². The summed E-state index contributed by atoms with van der Waals surface area (Å²) in [6.45, 7) is 2.51. The molecule has 1 rings (SSSR count). The molecule has 0 aliphatic heterocycles. The molecule has 0 bridgehead atoms. The fourth-order valence-corrected chi connectivity index (χ4v) is 1.59. The highest BCUT2D eigenvalue weighted by molar-refractivity contribution is 9.10. The van der Waals surface area contributed by atoms with E-state index in [2.05, 4.69) is 15.9 Å². The quantitative estimate of drug-likeness (QED) is 0.794. The largest absolute Gasteiger partial charge is 0.326 e. The van der Waals surface area contributed by atoms with Gasteiger partial charge in [-0.15, -0.1) is 0 Å². The summed E-state index contributed by atoms with van der Waals surface area (Å²) in [6.07, 6.45) is 0. The summed E-state index contributed by atoms with van der Waals surface area (Å²) in [7, 11) is 0. The van der Waals surface area contributed by atoms with E-state index in [1.807, 2.05) is 19.1 Å². The fraction of sp³-hybridized carbons (Fsp3) is 0.250. The van der Waals surface area contributed by atoms with E-state index in [9.17, 15) is 0 Å². The van der Waals surface area contributed by atoms with Crippen LogP contribution in [0, 0.1) is 6.92 Å². The lowest BCUT2D eigenvalue weighted by Gasteiger charge is -2.03. The maximum atomic E-state index is 5.89. The van der Waals surface area contributed by atoms with E-state index in [-0.39, 0.29) is 0 Å². The van der Waals surface area contributed by atoms with E-state index in [1.165, 1.54) is 0 Å². The van der Waals surface area contributed by atoms with Crippen molar-refractivity contribution in [3.8, 4) is 0 Å². The molecule has 0 fully saturated rings. The van der Waals surface area contributed by atoms with E-state index in [0.29, 0.717) is 6.54 Å². The predicted molar refractivity (Wildman–Crippen MR) is 51.8 cm³/mol. The molecule has 0 saturated heterocycles. The number of hydrogen-bond donors (Lipinski definition) is 1. The van der Waals surface area contributed by atoms with Crippen molar-refractivity contribution in [2.24, 2.45) is 5.73 Å². The molecule has 0 aliphatic rings. The molecule has 2 N–H and O–H groups in total. The summed E-state index contributed by atoms with van der Waals surface area (Å²) in [5, 5.41) is 0.727. The van der Waals surface area contributed by atoms with Crippen LogP contribution < -0.4 is 5.73 Å². The lowest BCUT2D eigenvalue weighted by molar-refractivity contribution is 1.06. The van der Waals surface area contributed by atoms with Gasteiger partial charge in [0.1, 0.15) is 0 Å². The Bertz CT molecular complexity index is 273. The van der Waals surface area contributed by atoms with E-state index in [0.717, 1.165) is 20.6 Å². The van der Waals surface area contributed by atoms with Gasteiger partial charge >= 0.3 is 0 Å². The maximum Gasteiger partial charge on any atom is 0.0462 e. The van der Waals surface area contributed by atoms with Gasteiger partial charge in [0.2, 0.25) is 0 Å². The first-order valence-electron chi connectivity index (χ1n) is 3.29. The van der Waals surface area contributed by atoms with Gasteiger partial charge in [0.15, 0.2) is 0 Å². The Labute approximate surface area is 79.7 Å². The summed E-state index contributed by atoms with van der Waals surface area (Å²) >= 11 is 9.28. The maximum absolute atomic E-state index is 5.89. The minimum Gasteiger partial charge on any atom is -0.326 e. The SMILES string of the molecule is Cc1cc(CN)c(Cl)cc1Br. The van der Waals surface area contributed by atoms with Crippen LogP contribution >= 0.6 is 27.5 Å². The van der Waals surface area contributed by atoms with Gasteiger partial charge in [-0.2, -0.15) is 0 Å². The third-order valence-corrected chi connectivity index (χ3v) is 2.75. The Kier molecular flexibility index (Phi) is 2.93. The van der Waals surface area contributed by atoms with Gasteiger partial charge in [-0.1, -0.05) is 33.6 Å². The molecule has 0 spiro atoms. The summed E-state index contributed by atoms with van der Waals surface area (Å²) in [4.78, 5) is 0. The van der Waals surface area contributed by atoms with E-state index in [1.54, 1.807) is 0 Å². The zero-order valence-electron chi connectivity index (χ0n) is 6.20. The lowest BCUT2D eigenvalue weighted by atomic mass is 10.1. The Hall–Kier alpha value is -0.0500. The van der Waals surface area contributed by atoms with Crippen LogP contribution in [0.25, 0.3) is 0 Å². The molecule has 0 amide bonds. The van der Waals surface area contributed by atoms with Crippen LogP contribution in [0.5, 0.6) is 0 Å². The van der Waals surface area contributed by atoms with Crippen molar-refractivity contribution >= 4 is 27.5 Å². The Morgan fingerprint density at radius 1 is 1.55 bits per heavy atom. The van der Waals surface area contributed by atoms with Crippen molar-refractivity contribution in [1.29, 1.82) is 0 Å². The molecule has 1 aromatic rings. The minimum atomic E-state index is 0.493. The molecule has 60 valence electrons. The zero-order chi connectivity index (χ0) is 8.43. The number of hydrogen-bond acceptors (Lipinski definition) is 1. The Morgan fingerprint density at radius 3 is 2.73 bits per heavy atom. The standard InChI is InChI=1S/C8H9BrClN/c1-5-2-6(4-11)8(10)3-7(5)9/h2-3H,4,11H2,1H3. The lowest BCUT2D eigenvalue weighted by Crippen LogP contribution is -1.97. The molecule has 0 unspecified atom stereocenters. The molecule has 0 radical (unpaired) electrons. The molecule has 1 nitrogen and oxygen atoms in total. The second-order valence-corrected chi connectivity index (χ2v) is 3.66. The summed E-state index contributed by atoms with van der Waals surface area (Å²) < 4.78 is 1.03. The second kappa shape index (κ2) is 3.57. The average Bonchev–Trinajstić information content (AvgIpc) is 1.97. The first-order chi connectivity index (χ1) is 5.15. The van der Waals surface area contributed by atoms with Crippen LogP contribution in [0.3, 0.4) is 0 Å². The zero-order valence-corrected chi connectivity index (χ0v) is 8.54. The number of benzene rings is 1. The fourth-order valence-electron chi connectivity index (χ4n) is 0.873. The second-order valence-electron chi connectivity index (χ2n) is 2.40. The molecule has 0 aliphatic carbocycles. The van der Waals surface area contributed by atoms with Crippen LogP contribution in [0.1, 0.15) is 11.1 Å². The highest BCUT2D eigenvalue weighted by Gasteiger charge is 2.01. The van der Waals surface area contributed by atoms with Gasteiger partial charge in [-0.3, -0.25) is 0 Å². The predicted octanol–water partition coefficient (Wildman–Crippen LogP) is 2.87. The average molecular weight is 235 g/mol. The van der Waals surface area contributed by atoms with Crippen molar-refractivity contribution in [3.63, 3.8) is 0 Å². The molecule has 0 heterocycles. The summed E-state index contributed by atoms with van der Waals surface area (Å²) in [5.41, 5.74) is 7.62. The van der Waals surface area contributed by atoms with Crippen molar-refractivity contribution in [2.75, 3.05) is 0 Å². The minimum absolute atomic E-state index is 0.493. The molecule has 1 aromatic carbocycles. The van der Waals surface area contributed by atoms with Gasteiger partial charge in [0.05, 0.1) is 0 Å². The first kappa shape index (κ1) is 9.04. The third kappa shape index (κ3) is 1.95. The van der Waals surface area contributed by atoms with Crippen molar-refractivity contribution in [2.45, 2.75) is 13.5 Å². The van der Waals surface area contributed by atoms with Crippen LogP contribution in [-0.4, -0.2) is 0 Å². The highest BCUT2D eigenvalue weighted by atomic mass is 79.9. The number of nitrogens with two attached hydrogens (primary N) is 1. The smallest absolute Gasteiger partial charge is 0.0462 e. The number of halogens is 2. The van der Waals surface area contributed by atoms with E-state index < -0.39 is 0 Å². The molecule has 3 heteroatoms. The summed E-state index contributed by atoms with van der Waals surface area (Å²) in [6, 6.07) is 3.87. The topological polar surface area (TPSA) is 26.0 Å². The van der Waals surface area contributed by atoms with Gasteiger partial charge < -0.3 is 5.73 Å². The normalized spacial score (nSPS) is 10.2. The van der Waals surface area contributed by atoms with Crippen LogP contribution in [-0.2, 0) is 6.54 Å². The number of rotatable bonds is 1. The Morgan fingerprint density at radius 2 is 2.18 bits per heavy atom. The molecular formula is C8H9BrClN. The molecular weight excluding hydrogens is 225 g/mol. The molecule has 0 atom stereocenters. The van der Waals surface area contributed by atoms with Gasteiger partial charge in [0, 0.05) is 16.0 Å². The Balaban J connectivity index is 3.21. The van der Waals surface area contributed by atoms with Gasteiger partial charge in [0.25, 0.3) is 0 Å². The van der Waals surface area contributed by atoms with Crippen LogP contribution in [0.2, 0.25) is 5.02 Å². The molecule has 0 aromatic heterocycles. The third-order valence-electron chi connectivity index (χ3n) is 1.55. The van der Waals surface area contributed by atoms with Gasteiger partial charge in [-0.25, -0.2) is 0 Å². The monoisotopic (exact) mass is 233 g/mol. The van der Waals surface area contributed by atoms with Crippen LogP contribution in [0.15, 0.2) is 16.6 Å². The summed E-state index contributed by atoms with van der Waals surface area (Å²) in [5.74, 6) is 0. The number of aryl methyl sites for hydroxylation is 1.